The van der Waals surface area contributed by atoms with E-state index in [1.165, 1.54) is 17.7 Å². The normalized spacial score (nSPS) is 10.7. The molecule has 0 bridgehead atoms. The second kappa shape index (κ2) is 6.57. The van der Waals surface area contributed by atoms with E-state index in [2.05, 4.69) is 6.92 Å². The van der Waals surface area contributed by atoms with Gasteiger partial charge in [0.05, 0.1) is 0 Å². The van der Waals surface area contributed by atoms with Gasteiger partial charge in [0, 0.05) is 11.6 Å². The molecule has 0 aliphatic rings. The molecule has 3 heteroatoms. The lowest BCUT2D eigenvalue weighted by Gasteiger charge is -2.02. The summed E-state index contributed by atoms with van der Waals surface area (Å²) < 4.78 is 5.17. The summed E-state index contributed by atoms with van der Waals surface area (Å²) >= 11 is 0. The maximum atomic E-state index is 11.7. The van der Waals surface area contributed by atoms with Crippen molar-refractivity contribution in [3.63, 3.8) is 0 Å². The predicted molar refractivity (Wildman–Crippen MR) is 78.6 cm³/mol. The summed E-state index contributed by atoms with van der Waals surface area (Å²) in [5, 5.41) is 9.57. The second-order valence-electron chi connectivity index (χ2n) is 4.31. The molecule has 0 aliphatic heterocycles. The van der Waals surface area contributed by atoms with Gasteiger partial charge in [-0.2, -0.15) is 0 Å². The lowest BCUT2D eigenvalue weighted by molar-refractivity contribution is -0.128. The van der Waals surface area contributed by atoms with Crippen LogP contribution in [0, 0.1) is 0 Å². The Morgan fingerprint density at radius 2 is 1.85 bits per heavy atom. The van der Waals surface area contributed by atoms with Crippen molar-refractivity contribution < 1.29 is 14.6 Å². The number of hydrogen-bond donors (Lipinski definition) is 1. The average molecular weight is 268 g/mol. The third-order valence-electron chi connectivity index (χ3n) is 2.89. The van der Waals surface area contributed by atoms with Crippen LogP contribution in [0.25, 0.3) is 6.08 Å². The third kappa shape index (κ3) is 3.72. The van der Waals surface area contributed by atoms with E-state index >= 15 is 0 Å². The van der Waals surface area contributed by atoms with E-state index in [1.807, 2.05) is 12.1 Å². The molecule has 1 N–H and O–H groups in total. The first kappa shape index (κ1) is 13.9. The van der Waals surface area contributed by atoms with Gasteiger partial charge >= 0.3 is 5.97 Å². The minimum absolute atomic E-state index is 0.129. The number of benzene rings is 2. The standard InChI is InChI=1S/C17H16O3/c1-2-13-7-10-15(11-8-13)20-17(19)12-9-14-5-3-4-6-16(14)18/h3-12,18H,2H2,1H3. The molecule has 0 saturated heterocycles. The zero-order chi connectivity index (χ0) is 14.4. The van der Waals surface area contributed by atoms with Crippen molar-refractivity contribution in [1.82, 2.24) is 0 Å². The molecular weight excluding hydrogens is 252 g/mol. The molecule has 2 aromatic carbocycles. The summed E-state index contributed by atoms with van der Waals surface area (Å²) in [6.45, 7) is 2.07. The minimum Gasteiger partial charge on any atom is -0.507 e. The molecule has 102 valence electrons. The van der Waals surface area contributed by atoms with Gasteiger partial charge in [0.2, 0.25) is 0 Å². The number of esters is 1. The van der Waals surface area contributed by atoms with Gasteiger partial charge in [0.25, 0.3) is 0 Å². The maximum absolute atomic E-state index is 11.7. The fourth-order valence-electron chi connectivity index (χ4n) is 1.73. The van der Waals surface area contributed by atoms with E-state index in [1.54, 1.807) is 36.4 Å². The molecule has 0 aromatic heterocycles. The summed E-state index contributed by atoms with van der Waals surface area (Å²) in [6.07, 6.45) is 3.77. The highest BCUT2D eigenvalue weighted by Gasteiger charge is 2.01. The third-order valence-corrected chi connectivity index (χ3v) is 2.89. The fourth-order valence-corrected chi connectivity index (χ4v) is 1.73. The van der Waals surface area contributed by atoms with Gasteiger partial charge in [0.1, 0.15) is 11.5 Å². The lowest BCUT2D eigenvalue weighted by atomic mass is 10.2. The van der Waals surface area contributed by atoms with E-state index in [0.29, 0.717) is 11.3 Å². The largest absolute Gasteiger partial charge is 0.507 e. The van der Waals surface area contributed by atoms with Crippen LogP contribution in [0.2, 0.25) is 0 Å². The molecule has 0 heterocycles. The van der Waals surface area contributed by atoms with Gasteiger partial charge in [0.15, 0.2) is 0 Å². The Labute approximate surface area is 118 Å². The molecule has 0 saturated carbocycles. The predicted octanol–water partition coefficient (Wildman–Crippen LogP) is 3.57. The number of carbonyl (C=O) groups excluding carboxylic acids is 1. The summed E-state index contributed by atoms with van der Waals surface area (Å²) in [5.74, 6) is 0.162. The van der Waals surface area contributed by atoms with Crippen LogP contribution in [-0.4, -0.2) is 11.1 Å². The highest BCUT2D eigenvalue weighted by atomic mass is 16.5. The fraction of sp³-hybridized carbons (Fsp3) is 0.118. The average Bonchev–Trinajstić information content (AvgIpc) is 2.47. The number of hydrogen-bond acceptors (Lipinski definition) is 3. The summed E-state index contributed by atoms with van der Waals surface area (Å²) in [6, 6.07) is 14.2. The zero-order valence-electron chi connectivity index (χ0n) is 11.2. The lowest BCUT2D eigenvalue weighted by Crippen LogP contribution is -2.03. The molecule has 0 aliphatic carbocycles. The molecule has 0 unspecified atom stereocenters. The Morgan fingerprint density at radius 1 is 1.15 bits per heavy atom. The van der Waals surface area contributed by atoms with Crippen LogP contribution >= 0.6 is 0 Å². The number of aromatic hydroxyl groups is 1. The van der Waals surface area contributed by atoms with Crippen molar-refractivity contribution in [2.24, 2.45) is 0 Å². The molecule has 0 radical (unpaired) electrons. The van der Waals surface area contributed by atoms with Crippen LogP contribution in [0.5, 0.6) is 11.5 Å². The highest BCUT2D eigenvalue weighted by molar-refractivity contribution is 5.89. The summed E-state index contributed by atoms with van der Waals surface area (Å²) in [4.78, 5) is 11.7. The number of para-hydroxylation sites is 1. The SMILES string of the molecule is CCc1ccc(OC(=O)C=Cc2ccccc2O)cc1. The molecular formula is C17H16O3. The van der Waals surface area contributed by atoms with Crippen molar-refractivity contribution in [2.75, 3.05) is 0 Å². The Bertz CT molecular complexity index is 612. The van der Waals surface area contributed by atoms with Gasteiger partial charge in [-0.05, 0) is 36.3 Å². The molecule has 0 fully saturated rings. The number of phenols is 1. The number of carbonyl (C=O) groups is 1. The molecule has 0 amide bonds. The van der Waals surface area contributed by atoms with Gasteiger partial charge in [-0.15, -0.1) is 0 Å². The molecule has 20 heavy (non-hydrogen) atoms. The minimum atomic E-state index is -0.475. The maximum Gasteiger partial charge on any atom is 0.336 e. The monoisotopic (exact) mass is 268 g/mol. The van der Waals surface area contributed by atoms with Crippen LogP contribution in [-0.2, 0) is 11.2 Å². The number of phenolic OH excluding ortho intramolecular Hbond substituents is 1. The Morgan fingerprint density at radius 3 is 2.50 bits per heavy atom. The topological polar surface area (TPSA) is 46.5 Å². The Balaban J connectivity index is 2.00. The van der Waals surface area contributed by atoms with Crippen LogP contribution in [0.4, 0.5) is 0 Å². The molecule has 0 atom stereocenters. The van der Waals surface area contributed by atoms with Crippen LogP contribution in [0.3, 0.4) is 0 Å². The Hall–Kier alpha value is -2.55. The number of rotatable bonds is 4. The van der Waals surface area contributed by atoms with Gasteiger partial charge in [-0.3, -0.25) is 0 Å². The first-order valence-electron chi connectivity index (χ1n) is 6.46. The molecule has 2 aromatic rings. The van der Waals surface area contributed by atoms with E-state index in [0.717, 1.165) is 6.42 Å². The van der Waals surface area contributed by atoms with Crippen molar-refractivity contribution >= 4 is 12.0 Å². The summed E-state index contributed by atoms with van der Waals surface area (Å²) in [7, 11) is 0. The molecule has 2 rings (SSSR count). The van der Waals surface area contributed by atoms with Crippen molar-refractivity contribution in [3.05, 3.63) is 65.7 Å². The van der Waals surface area contributed by atoms with E-state index < -0.39 is 5.97 Å². The van der Waals surface area contributed by atoms with Gasteiger partial charge < -0.3 is 9.84 Å². The smallest absolute Gasteiger partial charge is 0.336 e. The zero-order valence-corrected chi connectivity index (χ0v) is 11.2. The van der Waals surface area contributed by atoms with E-state index in [4.69, 9.17) is 4.74 Å². The first-order valence-corrected chi connectivity index (χ1v) is 6.46. The van der Waals surface area contributed by atoms with Crippen LogP contribution in [0.1, 0.15) is 18.1 Å². The van der Waals surface area contributed by atoms with Crippen molar-refractivity contribution in [2.45, 2.75) is 13.3 Å². The van der Waals surface area contributed by atoms with Gasteiger partial charge in [-0.25, -0.2) is 4.79 Å². The van der Waals surface area contributed by atoms with E-state index in [-0.39, 0.29) is 5.75 Å². The van der Waals surface area contributed by atoms with Crippen LogP contribution < -0.4 is 4.74 Å². The van der Waals surface area contributed by atoms with Gasteiger partial charge in [-0.1, -0.05) is 37.3 Å². The van der Waals surface area contributed by atoms with E-state index in [9.17, 15) is 9.90 Å². The second-order valence-corrected chi connectivity index (χ2v) is 4.31. The number of aryl methyl sites for hydroxylation is 1. The van der Waals surface area contributed by atoms with Crippen LogP contribution in [0.15, 0.2) is 54.6 Å². The molecule has 3 nitrogen and oxygen atoms in total. The van der Waals surface area contributed by atoms with Crippen molar-refractivity contribution in [3.8, 4) is 11.5 Å². The first-order chi connectivity index (χ1) is 9.69. The quantitative estimate of drug-likeness (QED) is 0.524. The molecule has 0 spiro atoms. The van der Waals surface area contributed by atoms with Crippen molar-refractivity contribution in [1.29, 1.82) is 0 Å². The Kier molecular flexibility index (Phi) is 4.56. The summed E-state index contributed by atoms with van der Waals surface area (Å²) in [5.41, 5.74) is 1.76. The number of ether oxygens (including phenoxy) is 1. The highest BCUT2D eigenvalue weighted by Crippen LogP contribution is 2.17.